The predicted octanol–water partition coefficient (Wildman–Crippen LogP) is 1.56. The van der Waals surface area contributed by atoms with Gasteiger partial charge in [0.15, 0.2) is 0 Å². The Morgan fingerprint density at radius 2 is 1.79 bits per heavy atom. The normalized spacial score (nSPS) is 19.8. The van der Waals surface area contributed by atoms with Gasteiger partial charge in [-0.25, -0.2) is 4.79 Å². The molecule has 5 nitrogen and oxygen atoms in total. The van der Waals surface area contributed by atoms with Crippen LogP contribution in [0.3, 0.4) is 0 Å². The molecule has 0 aliphatic carbocycles. The maximum atomic E-state index is 12.3. The summed E-state index contributed by atoms with van der Waals surface area (Å²) in [6.07, 6.45) is -4.41. The average Bonchev–Trinajstić information content (AvgIpc) is 2.57. The van der Waals surface area contributed by atoms with E-state index in [4.69, 9.17) is 5.21 Å². The number of hydrogen-bond donors (Lipinski definition) is 2. The second kappa shape index (κ2) is 4.54. The van der Waals surface area contributed by atoms with Gasteiger partial charge in [0.25, 0.3) is 5.91 Å². The zero-order valence-electron chi connectivity index (χ0n) is 9.44. The van der Waals surface area contributed by atoms with Crippen LogP contribution in [-0.2, 0) is 17.4 Å². The third kappa shape index (κ3) is 2.68. The minimum absolute atomic E-state index is 0.0137. The number of halogens is 3. The lowest BCUT2D eigenvalue weighted by molar-refractivity contribution is -0.149. The minimum Gasteiger partial charge on any atom is -0.324 e. The summed E-state index contributed by atoms with van der Waals surface area (Å²) >= 11 is 0. The van der Waals surface area contributed by atoms with E-state index in [0.29, 0.717) is 5.56 Å². The molecule has 0 spiro atoms. The van der Waals surface area contributed by atoms with Crippen molar-refractivity contribution in [3.05, 3.63) is 35.4 Å². The fraction of sp³-hybridized carbons (Fsp3) is 0.273. The summed E-state index contributed by atoms with van der Waals surface area (Å²) < 4.78 is 37.0. The Hall–Kier alpha value is -2.09. The van der Waals surface area contributed by atoms with E-state index in [1.165, 1.54) is 12.1 Å². The third-order valence-corrected chi connectivity index (χ3v) is 2.72. The smallest absolute Gasteiger partial charge is 0.324 e. The van der Waals surface area contributed by atoms with Gasteiger partial charge in [0.05, 0.1) is 5.56 Å². The van der Waals surface area contributed by atoms with Crippen LogP contribution in [0.25, 0.3) is 0 Å². The number of carbonyl (C=O) groups is 2. The Morgan fingerprint density at radius 3 is 2.21 bits per heavy atom. The van der Waals surface area contributed by atoms with E-state index in [-0.39, 0.29) is 11.5 Å². The molecular formula is C11H9F3N2O3. The van der Waals surface area contributed by atoms with E-state index in [1.807, 2.05) is 0 Å². The van der Waals surface area contributed by atoms with E-state index in [0.717, 1.165) is 12.1 Å². The lowest BCUT2D eigenvalue weighted by Crippen LogP contribution is -2.31. The van der Waals surface area contributed by atoms with Crippen molar-refractivity contribution in [2.24, 2.45) is 0 Å². The molecule has 8 heteroatoms. The van der Waals surface area contributed by atoms with Crippen LogP contribution in [0, 0.1) is 0 Å². The first-order chi connectivity index (χ1) is 8.79. The van der Waals surface area contributed by atoms with E-state index >= 15 is 0 Å². The lowest BCUT2D eigenvalue weighted by atomic mass is 10.0. The Kier molecular flexibility index (Phi) is 3.19. The van der Waals surface area contributed by atoms with Crippen LogP contribution < -0.4 is 5.32 Å². The van der Waals surface area contributed by atoms with Crippen molar-refractivity contribution < 1.29 is 28.0 Å². The summed E-state index contributed by atoms with van der Waals surface area (Å²) in [5.41, 5.74) is -0.344. The van der Waals surface area contributed by atoms with Gasteiger partial charge in [-0.15, -0.1) is 5.06 Å². The number of carbonyl (C=O) groups excluding carboxylic acids is 2. The molecule has 1 heterocycles. The molecule has 3 amide bonds. The van der Waals surface area contributed by atoms with E-state index in [2.05, 4.69) is 5.32 Å². The molecule has 1 aromatic rings. The van der Waals surface area contributed by atoms with Crippen LogP contribution in [-0.4, -0.2) is 28.3 Å². The molecule has 102 valence electrons. The molecule has 0 radical (unpaired) electrons. The van der Waals surface area contributed by atoms with Crippen LogP contribution in [0.5, 0.6) is 0 Å². The van der Waals surface area contributed by atoms with Crippen molar-refractivity contribution in [1.82, 2.24) is 10.4 Å². The van der Waals surface area contributed by atoms with Crippen LogP contribution in [0.2, 0.25) is 0 Å². The first-order valence-electron chi connectivity index (χ1n) is 5.28. The summed E-state index contributed by atoms with van der Waals surface area (Å²) in [5.74, 6) is -0.829. The monoisotopic (exact) mass is 274 g/mol. The number of nitrogens with one attached hydrogen (secondary N) is 1. The van der Waals surface area contributed by atoms with Crippen molar-refractivity contribution in [2.45, 2.75) is 18.6 Å². The van der Waals surface area contributed by atoms with Gasteiger partial charge in [0.2, 0.25) is 0 Å². The van der Waals surface area contributed by atoms with Crippen molar-refractivity contribution in [1.29, 1.82) is 0 Å². The maximum Gasteiger partial charge on any atom is 0.416 e. The summed E-state index contributed by atoms with van der Waals surface area (Å²) in [5, 5.41) is 11.2. The summed E-state index contributed by atoms with van der Waals surface area (Å²) in [4.78, 5) is 22.3. The van der Waals surface area contributed by atoms with Crippen LogP contribution >= 0.6 is 0 Å². The molecule has 1 aliphatic rings. The van der Waals surface area contributed by atoms with Gasteiger partial charge in [-0.05, 0) is 17.7 Å². The van der Waals surface area contributed by atoms with Gasteiger partial charge < -0.3 is 5.32 Å². The molecule has 1 atom stereocenters. The summed E-state index contributed by atoms with van der Waals surface area (Å²) in [7, 11) is 0. The van der Waals surface area contributed by atoms with E-state index in [9.17, 15) is 22.8 Å². The summed E-state index contributed by atoms with van der Waals surface area (Å²) in [6, 6.07) is 2.33. The van der Waals surface area contributed by atoms with Crippen molar-refractivity contribution in [2.75, 3.05) is 0 Å². The van der Waals surface area contributed by atoms with Gasteiger partial charge in [-0.3, -0.25) is 10.0 Å². The number of hydroxylamine groups is 2. The second-order valence-electron chi connectivity index (χ2n) is 4.05. The molecule has 1 saturated heterocycles. The molecule has 1 aliphatic heterocycles. The zero-order chi connectivity index (χ0) is 14.2. The highest BCUT2D eigenvalue weighted by Crippen LogP contribution is 2.29. The van der Waals surface area contributed by atoms with Gasteiger partial charge in [0.1, 0.15) is 6.04 Å². The fourth-order valence-electron chi connectivity index (χ4n) is 1.72. The Balaban J connectivity index is 2.09. The largest absolute Gasteiger partial charge is 0.416 e. The molecule has 1 fully saturated rings. The van der Waals surface area contributed by atoms with Gasteiger partial charge in [-0.1, -0.05) is 12.1 Å². The molecule has 0 aromatic heterocycles. The molecule has 19 heavy (non-hydrogen) atoms. The Labute approximate surface area is 105 Å². The van der Waals surface area contributed by atoms with E-state index < -0.39 is 29.7 Å². The molecule has 2 rings (SSSR count). The highest BCUT2D eigenvalue weighted by Gasteiger charge is 2.37. The number of nitrogens with zero attached hydrogens (tertiary/aromatic N) is 1. The number of hydrogen-bond acceptors (Lipinski definition) is 3. The number of alkyl halides is 3. The fourth-order valence-corrected chi connectivity index (χ4v) is 1.72. The number of benzene rings is 1. The van der Waals surface area contributed by atoms with Crippen molar-refractivity contribution in [3.8, 4) is 0 Å². The average molecular weight is 274 g/mol. The van der Waals surface area contributed by atoms with Crippen LogP contribution in [0.4, 0.5) is 18.0 Å². The van der Waals surface area contributed by atoms with Crippen molar-refractivity contribution in [3.63, 3.8) is 0 Å². The predicted molar refractivity (Wildman–Crippen MR) is 56.1 cm³/mol. The number of imide groups is 1. The first kappa shape index (κ1) is 13.3. The first-order valence-corrected chi connectivity index (χ1v) is 5.28. The second-order valence-corrected chi connectivity index (χ2v) is 4.05. The number of urea groups is 1. The molecule has 0 bridgehead atoms. The topological polar surface area (TPSA) is 69.6 Å². The zero-order valence-corrected chi connectivity index (χ0v) is 9.44. The van der Waals surface area contributed by atoms with Gasteiger partial charge in [0, 0.05) is 6.42 Å². The SMILES string of the molecule is O=C1N[C@@H](Cc2ccc(C(F)(F)F)cc2)C(=O)N1O. The standard InChI is InChI=1S/C11H9F3N2O3/c12-11(13,14)7-3-1-6(2-4-7)5-8-9(17)16(19)10(18)15-8/h1-4,8,19H,5H2,(H,15,18)/t8-/m0/s1. The highest BCUT2D eigenvalue weighted by molar-refractivity contribution is 6.02. The number of rotatable bonds is 2. The quantitative estimate of drug-likeness (QED) is 0.635. The van der Waals surface area contributed by atoms with E-state index in [1.54, 1.807) is 0 Å². The van der Waals surface area contributed by atoms with Crippen LogP contribution in [0.15, 0.2) is 24.3 Å². The molecule has 0 unspecified atom stereocenters. The van der Waals surface area contributed by atoms with Crippen molar-refractivity contribution >= 4 is 11.9 Å². The maximum absolute atomic E-state index is 12.3. The molecule has 2 N–H and O–H groups in total. The van der Waals surface area contributed by atoms with Crippen LogP contribution in [0.1, 0.15) is 11.1 Å². The summed E-state index contributed by atoms with van der Waals surface area (Å²) in [6.45, 7) is 0. The minimum atomic E-state index is -4.42. The highest BCUT2D eigenvalue weighted by atomic mass is 19.4. The third-order valence-electron chi connectivity index (χ3n) is 2.72. The molecule has 1 aromatic carbocycles. The molecule has 0 saturated carbocycles. The Bertz CT molecular complexity index is 513. The lowest BCUT2D eigenvalue weighted by Gasteiger charge is -2.10. The molecular weight excluding hydrogens is 265 g/mol. The number of amides is 3. The Morgan fingerprint density at radius 1 is 1.21 bits per heavy atom. The van der Waals surface area contributed by atoms with Gasteiger partial charge in [-0.2, -0.15) is 13.2 Å². The van der Waals surface area contributed by atoms with Gasteiger partial charge >= 0.3 is 12.2 Å².